The molecule has 0 amide bonds. The molecule has 1 N–H and O–H groups in total. The van der Waals surface area contributed by atoms with Crippen LogP contribution in [0, 0.1) is 10.1 Å². The lowest BCUT2D eigenvalue weighted by Crippen LogP contribution is -2.16. The fourth-order valence-corrected chi connectivity index (χ4v) is 2.67. The maximum atomic E-state index is 11.0. The van der Waals surface area contributed by atoms with Crippen molar-refractivity contribution in [1.82, 2.24) is 15.0 Å². The van der Waals surface area contributed by atoms with Gasteiger partial charge >= 0.3 is 0 Å². The summed E-state index contributed by atoms with van der Waals surface area (Å²) in [6, 6.07) is 4.51. The van der Waals surface area contributed by atoms with E-state index < -0.39 is 4.92 Å². The second kappa shape index (κ2) is 5.42. The van der Waals surface area contributed by atoms with Crippen molar-refractivity contribution in [2.45, 2.75) is 31.8 Å². The van der Waals surface area contributed by atoms with Gasteiger partial charge in [-0.25, -0.2) is 4.68 Å². The minimum Gasteiger partial charge on any atom is -0.390 e. The lowest BCUT2D eigenvalue weighted by molar-refractivity contribution is -0.384. The van der Waals surface area contributed by atoms with Crippen molar-refractivity contribution in [3.63, 3.8) is 0 Å². The Balaban J connectivity index is 2.10. The van der Waals surface area contributed by atoms with Gasteiger partial charge in [-0.2, -0.15) is 0 Å². The average Bonchev–Trinajstić information content (AvgIpc) is 2.81. The fraction of sp³-hybridized carbons (Fsp3) is 0.385. The molecule has 0 atom stereocenters. The van der Waals surface area contributed by atoms with Crippen LogP contribution in [-0.2, 0) is 6.61 Å². The first kappa shape index (κ1) is 14.0. The fourth-order valence-electron chi connectivity index (χ4n) is 2.49. The van der Waals surface area contributed by atoms with Crippen molar-refractivity contribution in [2.75, 3.05) is 0 Å². The van der Waals surface area contributed by atoms with Gasteiger partial charge in [-0.05, 0) is 25.0 Å². The molecule has 0 aliphatic heterocycles. The number of rotatable bonds is 4. The minimum atomic E-state index is -0.529. The molecule has 0 unspecified atom stereocenters. The van der Waals surface area contributed by atoms with Crippen LogP contribution in [0.25, 0.3) is 5.69 Å². The maximum absolute atomic E-state index is 11.0. The van der Waals surface area contributed by atoms with Crippen molar-refractivity contribution in [3.8, 4) is 5.69 Å². The van der Waals surface area contributed by atoms with Gasteiger partial charge in [-0.15, -0.1) is 5.10 Å². The molecule has 0 spiro atoms. The highest BCUT2D eigenvalue weighted by Crippen LogP contribution is 2.39. The molecule has 110 valence electrons. The number of hydrogen-bond acceptors (Lipinski definition) is 5. The van der Waals surface area contributed by atoms with Gasteiger partial charge < -0.3 is 5.11 Å². The Labute approximate surface area is 125 Å². The summed E-state index contributed by atoms with van der Waals surface area (Å²) in [5, 5.41) is 28.5. The third-order valence-electron chi connectivity index (χ3n) is 3.79. The van der Waals surface area contributed by atoms with Crippen LogP contribution in [0.1, 0.15) is 36.6 Å². The summed E-state index contributed by atoms with van der Waals surface area (Å²) in [6.07, 6.45) is 3.15. The third-order valence-corrected chi connectivity index (χ3v) is 4.11. The van der Waals surface area contributed by atoms with Crippen LogP contribution in [0.2, 0.25) is 5.02 Å². The molecule has 1 saturated carbocycles. The Morgan fingerprint density at radius 2 is 2.24 bits per heavy atom. The van der Waals surface area contributed by atoms with Crippen molar-refractivity contribution in [2.24, 2.45) is 0 Å². The first-order valence-electron chi connectivity index (χ1n) is 6.61. The number of halogens is 1. The van der Waals surface area contributed by atoms with Gasteiger partial charge in [-0.1, -0.05) is 23.2 Å². The molecule has 8 heteroatoms. The number of aliphatic hydroxyl groups is 1. The number of aliphatic hydroxyl groups excluding tert-OH is 1. The Morgan fingerprint density at radius 3 is 2.81 bits per heavy atom. The van der Waals surface area contributed by atoms with Crippen LogP contribution < -0.4 is 0 Å². The van der Waals surface area contributed by atoms with Crippen LogP contribution in [0.4, 0.5) is 5.69 Å². The molecule has 1 aromatic carbocycles. The lowest BCUT2D eigenvalue weighted by Gasteiger charge is -2.26. The van der Waals surface area contributed by atoms with Gasteiger partial charge in [-0.3, -0.25) is 10.1 Å². The monoisotopic (exact) mass is 308 g/mol. The first-order chi connectivity index (χ1) is 10.1. The molecule has 1 fully saturated rings. The SMILES string of the molecule is O=[N+]([O-])c1cc(-n2nnc(CO)c2C2CCC2)ccc1Cl. The standard InChI is InChI=1S/C13H13ClN4O3/c14-10-5-4-9(6-12(10)18(20)21)17-13(8-2-1-3-8)11(7-19)15-16-17/h4-6,8,19H,1-3,7H2. The van der Waals surface area contributed by atoms with Crippen LogP contribution in [0.15, 0.2) is 18.2 Å². The van der Waals surface area contributed by atoms with E-state index in [-0.39, 0.29) is 23.2 Å². The van der Waals surface area contributed by atoms with Crippen molar-refractivity contribution in [1.29, 1.82) is 0 Å². The maximum Gasteiger partial charge on any atom is 0.290 e. The number of aromatic nitrogens is 3. The zero-order chi connectivity index (χ0) is 15.0. The van der Waals surface area contributed by atoms with Crippen LogP contribution >= 0.6 is 11.6 Å². The highest BCUT2D eigenvalue weighted by Gasteiger charge is 2.28. The highest BCUT2D eigenvalue weighted by molar-refractivity contribution is 6.32. The van der Waals surface area contributed by atoms with E-state index in [0.29, 0.717) is 11.4 Å². The molecule has 0 bridgehead atoms. The predicted octanol–water partition coefficient (Wildman–Crippen LogP) is 2.59. The van der Waals surface area contributed by atoms with E-state index in [2.05, 4.69) is 10.3 Å². The summed E-state index contributed by atoms with van der Waals surface area (Å²) in [6.45, 7) is -0.193. The summed E-state index contributed by atoms with van der Waals surface area (Å²) in [4.78, 5) is 10.5. The van der Waals surface area contributed by atoms with Gasteiger partial charge in [0.25, 0.3) is 5.69 Å². The van der Waals surface area contributed by atoms with Crippen LogP contribution in [-0.4, -0.2) is 25.0 Å². The molecule has 21 heavy (non-hydrogen) atoms. The summed E-state index contributed by atoms with van der Waals surface area (Å²) < 4.78 is 1.57. The number of nitro benzene ring substituents is 1. The molecule has 0 radical (unpaired) electrons. The van der Waals surface area contributed by atoms with Gasteiger partial charge in [0.2, 0.25) is 0 Å². The zero-order valence-corrected chi connectivity index (χ0v) is 11.8. The van der Waals surface area contributed by atoms with Crippen molar-refractivity contribution < 1.29 is 10.0 Å². The van der Waals surface area contributed by atoms with E-state index in [9.17, 15) is 15.2 Å². The van der Waals surface area contributed by atoms with Crippen LogP contribution in [0.5, 0.6) is 0 Å². The predicted molar refractivity (Wildman–Crippen MR) is 75.5 cm³/mol. The number of benzene rings is 1. The smallest absolute Gasteiger partial charge is 0.290 e. The largest absolute Gasteiger partial charge is 0.390 e. The molecule has 0 saturated heterocycles. The van der Waals surface area contributed by atoms with Gasteiger partial charge in [0.1, 0.15) is 10.7 Å². The van der Waals surface area contributed by atoms with Gasteiger partial charge in [0, 0.05) is 12.0 Å². The Bertz CT molecular complexity index is 697. The van der Waals surface area contributed by atoms with E-state index >= 15 is 0 Å². The quantitative estimate of drug-likeness (QED) is 0.692. The Hall–Kier alpha value is -1.99. The molecule has 1 aliphatic carbocycles. The van der Waals surface area contributed by atoms with Crippen LogP contribution in [0.3, 0.4) is 0 Å². The topological polar surface area (TPSA) is 94.1 Å². The normalized spacial score (nSPS) is 15.0. The van der Waals surface area contributed by atoms with E-state index in [1.807, 2.05) is 0 Å². The van der Waals surface area contributed by atoms with E-state index in [0.717, 1.165) is 25.0 Å². The molecule has 2 aromatic rings. The summed E-state index contributed by atoms with van der Waals surface area (Å²) >= 11 is 5.82. The van der Waals surface area contributed by atoms with E-state index in [4.69, 9.17) is 11.6 Å². The minimum absolute atomic E-state index is 0.0800. The van der Waals surface area contributed by atoms with Crippen molar-refractivity contribution >= 4 is 17.3 Å². The summed E-state index contributed by atoms with van der Waals surface area (Å²) in [7, 11) is 0. The van der Waals surface area contributed by atoms with E-state index in [1.54, 1.807) is 10.7 Å². The average molecular weight is 309 g/mol. The van der Waals surface area contributed by atoms with Gasteiger partial charge in [0.15, 0.2) is 0 Å². The first-order valence-corrected chi connectivity index (χ1v) is 6.99. The molecular formula is C13H13ClN4O3. The summed E-state index contributed by atoms with van der Waals surface area (Å²) in [5.41, 5.74) is 1.72. The molecule has 3 rings (SSSR count). The van der Waals surface area contributed by atoms with Gasteiger partial charge in [0.05, 0.1) is 22.9 Å². The van der Waals surface area contributed by atoms with Crippen molar-refractivity contribution in [3.05, 3.63) is 44.7 Å². The molecule has 7 nitrogen and oxygen atoms in total. The number of nitro groups is 1. The Morgan fingerprint density at radius 1 is 1.48 bits per heavy atom. The highest BCUT2D eigenvalue weighted by atomic mass is 35.5. The summed E-state index contributed by atoms with van der Waals surface area (Å²) in [5.74, 6) is 0.289. The number of hydrogen-bond donors (Lipinski definition) is 1. The second-order valence-corrected chi connectivity index (χ2v) is 5.42. The van der Waals surface area contributed by atoms with E-state index in [1.165, 1.54) is 12.1 Å². The Kier molecular flexibility index (Phi) is 3.60. The molecule has 1 aromatic heterocycles. The molecule has 1 aliphatic rings. The lowest BCUT2D eigenvalue weighted by atomic mass is 9.82. The second-order valence-electron chi connectivity index (χ2n) is 5.01. The molecular weight excluding hydrogens is 296 g/mol. The number of nitrogens with zero attached hydrogens (tertiary/aromatic N) is 4. The molecule has 1 heterocycles. The third kappa shape index (κ3) is 2.38. The zero-order valence-electron chi connectivity index (χ0n) is 11.1.